The minimum Gasteiger partial charge on any atom is -0.444 e. The molecule has 1 aromatic rings. The summed E-state index contributed by atoms with van der Waals surface area (Å²) < 4.78 is 11.4. The first-order chi connectivity index (χ1) is 11.8. The molecule has 2 atom stereocenters. The van der Waals surface area contributed by atoms with Crippen LogP contribution in [0.25, 0.3) is 0 Å². The van der Waals surface area contributed by atoms with Gasteiger partial charge in [-0.3, -0.25) is 4.90 Å². The predicted octanol–water partition coefficient (Wildman–Crippen LogP) is 3.60. The van der Waals surface area contributed by atoms with Gasteiger partial charge in [-0.2, -0.15) is 0 Å². The van der Waals surface area contributed by atoms with Crippen molar-refractivity contribution in [3.05, 3.63) is 17.8 Å². The van der Waals surface area contributed by atoms with Crippen LogP contribution in [0.3, 0.4) is 0 Å². The standard InChI is InChI=1S/C19H31N3O3/c1-6-16-11-20-17(24-16)12-21(5)15-9-13-7-8-14(10-15)22(13)18(23)25-19(2,3)4/h11,13-15H,6-10,12H2,1-5H3. The van der Waals surface area contributed by atoms with Crippen molar-refractivity contribution in [1.82, 2.24) is 14.8 Å². The van der Waals surface area contributed by atoms with Crippen LogP contribution in [-0.2, 0) is 17.7 Å². The molecular formula is C19H31N3O3. The summed E-state index contributed by atoms with van der Waals surface area (Å²) in [4.78, 5) is 21.2. The van der Waals surface area contributed by atoms with Crippen LogP contribution in [0, 0.1) is 0 Å². The highest BCUT2D eigenvalue weighted by atomic mass is 16.6. The quantitative estimate of drug-likeness (QED) is 0.831. The van der Waals surface area contributed by atoms with Gasteiger partial charge in [0, 0.05) is 24.5 Å². The van der Waals surface area contributed by atoms with Gasteiger partial charge in [0.15, 0.2) is 0 Å². The van der Waals surface area contributed by atoms with Crippen molar-refractivity contribution in [3.8, 4) is 0 Å². The van der Waals surface area contributed by atoms with Gasteiger partial charge in [0.25, 0.3) is 0 Å². The monoisotopic (exact) mass is 349 g/mol. The molecule has 1 amide bonds. The Kier molecular flexibility index (Phi) is 5.09. The number of aryl methyl sites for hydroxylation is 1. The maximum atomic E-state index is 12.5. The van der Waals surface area contributed by atoms with Gasteiger partial charge in [-0.25, -0.2) is 9.78 Å². The van der Waals surface area contributed by atoms with Crippen LogP contribution in [0.15, 0.2) is 10.6 Å². The fraction of sp³-hybridized carbons (Fsp3) is 0.789. The van der Waals surface area contributed by atoms with Crippen LogP contribution < -0.4 is 0 Å². The zero-order chi connectivity index (χ0) is 18.2. The molecule has 6 heteroatoms. The number of ether oxygens (including phenoxy) is 1. The molecule has 2 aliphatic rings. The first-order valence-electron chi connectivity index (χ1n) is 9.42. The Morgan fingerprint density at radius 3 is 2.52 bits per heavy atom. The number of fused-ring (bicyclic) bond motifs is 2. The molecule has 3 heterocycles. The van der Waals surface area contributed by atoms with Crippen LogP contribution in [0.4, 0.5) is 4.79 Å². The molecule has 6 nitrogen and oxygen atoms in total. The number of hydrogen-bond donors (Lipinski definition) is 0. The fourth-order valence-corrected chi connectivity index (χ4v) is 4.05. The van der Waals surface area contributed by atoms with E-state index in [-0.39, 0.29) is 18.2 Å². The van der Waals surface area contributed by atoms with Crippen molar-refractivity contribution in [1.29, 1.82) is 0 Å². The number of amides is 1. The third-order valence-corrected chi connectivity index (χ3v) is 5.27. The number of hydrogen-bond acceptors (Lipinski definition) is 5. The summed E-state index contributed by atoms with van der Waals surface area (Å²) in [6.45, 7) is 8.56. The molecule has 0 spiro atoms. The molecule has 2 unspecified atom stereocenters. The summed E-state index contributed by atoms with van der Waals surface area (Å²) in [6.07, 6.45) is 6.68. The molecule has 0 radical (unpaired) electrons. The minimum absolute atomic E-state index is 0.151. The van der Waals surface area contributed by atoms with E-state index < -0.39 is 5.60 Å². The topological polar surface area (TPSA) is 58.8 Å². The van der Waals surface area contributed by atoms with Crippen molar-refractivity contribution >= 4 is 6.09 Å². The highest BCUT2D eigenvalue weighted by Gasteiger charge is 2.45. The van der Waals surface area contributed by atoms with E-state index in [2.05, 4.69) is 23.9 Å². The van der Waals surface area contributed by atoms with E-state index in [4.69, 9.17) is 9.15 Å². The molecule has 2 fully saturated rings. The first kappa shape index (κ1) is 18.2. The number of carbonyl (C=O) groups is 1. The number of aromatic nitrogens is 1. The van der Waals surface area contributed by atoms with Crippen molar-refractivity contribution in [2.75, 3.05) is 7.05 Å². The Bertz CT molecular complexity index is 593. The molecule has 2 saturated heterocycles. The Hall–Kier alpha value is -1.56. The van der Waals surface area contributed by atoms with Gasteiger partial charge in [-0.1, -0.05) is 6.92 Å². The van der Waals surface area contributed by atoms with Gasteiger partial charge >= 0.3 is 6.09 Å². The van der Waals surface area contributed by atoms with E-state index >= 15 is 0 Å². The van der Waals surface area contributed by atoms with E-state index in [1.165, 1.54) is 0 Å². The molecule has 25 heavy (non-hydrogen) atoms. The first-order valence-corrected chi connectivity index (χ1v) is 9.42. The molecule has 0 saturated carbocycles. The van der Waals surface area contributed by atoms with Gasteiger partial charge in [-0.05, 0) is 53.5 Å². The highest BCUT2D eigenvalue weighted by molar-refractivity contribution is 5.69. The lowest BCUT2D eigenvalue weighted by molar-refractivity contribution is -0.00334. The minimum atomic E-state index is -0.438. The van der Waals surface area contributed by atoms with E-state index in [1.807, 2.05) is 31.9 Å². The maximum absolute atomic E-state index is 12.5. The SMILES string of the molecule is CCc1cnc(CN(C)C2CC3CCC(C2)N3C(=O)OC(C)(C)C)o1. The molecule has 3 rings (SSSR count). The zero-order valence-corrected chi connectivity index (χ0v) is 16.1. The average molecular weight is 349 g/mol. The lowest BCUT2D eigenvalue weighted by Crippen LogP contribution is -2.52. The smallest absolute Gasteiger partial charge is 0.410 e. The number of rotatable bonds is 4. The Morgan fingerprint density at radius 2 is 2.00 bits per heavy atom. The molecule has 140 valence electrons. The third-order valence-electron chi connectivity index (χ3n) is 5.27. The van der Waals surface area contributed by atoms with E-state index in [1.54, 1.807) is 0 Å². The summed E-state index contributed by atoms with van der Waals surface area (Å²) in [5, 5.41) is 0. The molecule has 0 aliphatic carbocycles. The van der Waals surface area contributed by atoms with Crippen LogP contribution >= 0.6 is 0 Å². The Labute approximate surface area is 150 Å². The summed E-state index contributed by atoms with van der Waals surface area (Å²) in [7, 11) is 2.13. The average Bonchev–Trinajstić information content (AvgIpc) is 3.07. The Balaban J connectivity index is 1.60. The number of nitrogens with zero attached hydrogens (tertiary/aromatic N) is 3. The van der Waals surface area contributed by atoms with Crippen molar-refractivity contribution < 1.29 is 13.9 Å². The second-order valence-corrected chi connectivity index (χ2v) is 8.39. The molecule has 0 aromatic carbocycles. The van der Waals surface area contributed by atoms with Gasteiger partial charge in [-0.15, -0.1) is 0 Å². The zero-order valence-electron chi connectivity index (χ0n) is 16.1. The predicted molar refractivity (Wildman–Crippen MR) is 95.3 cm³/mol. The molecule has 2 aliphatic heterocycles. The highest BCUT2D eigenvalue weighted by Crippen LogP contribution is 2.38. The summed E-state index contributed by atoms with van der Waals surface area (Å²) >= 11 is 0. The van der Waals surface area contributed by atoms with E-state index in [9.17, 15) is 4.79 Å². The number of carbonyl (C=O) groups excluding carboxylic acids is 1. The van der Waals surface area contributed by atoms with Crippen LogP contribution in [-0.4, -0.2) is 51.7 Å². The summed E-state index contributed by atoms with van der Waals surface area (Å²) in [5.41, 5.74) is -0.438. The molecule has 1 aromatic heterocycles. The summed E-state index contributed by atoms with van der Waals surface area (Å²) in [5.74, 6) is 1.71. The lowest BCUT2D eigenvalue weighted by Gasteiger charge is -2.42. The Morgan fingerprint density at radius 1 is 1.36 bits per heavy atom. The van der Waals surface area contributed by atoms with Crippen molar-refractivity contribution in [2.45, 2.75) is 90.1 Å². The van der Waals surface area contributed by atoms with Gasteiger partial charge in [0.05, 0.1) is 12.7 Å². The molecule has 0 N–H and O–H groups in total. The van der Waals surface area contributed by atoms with E-state index in [0.717, 1.165) is 50.3 Å². The van der Waals surface area contributed by atoms with Gasteiger partial charge in [0.2, 0.25) is 5.89 Å². The van der Waals surface area contributed by atoms with Crippen LogP contribution in [0.5, 0.6) is 0 Å². The normalized spacial score (nSPS) is 26.3. The second-order valence-electron chi connectivity index (χ2n) is 8.39. The largest absolute Gasteiger partial charge is 0.444 e. The van der Waals surface area contributed by atoms with Crippen molar-refractivity contribution in [2.24, 2.45) is 0 Å². The second kappa shape index (κ2) is 6.98. The summed E-state index contributed by atoms with van der Waals surface area (Å²) in [6, 6.07) is 1.03. The molecular weight excluding hydrogens is 318 g/mol. The maximum Gasteiger partial charge on any atom is 0.410 e. The number of piperidine rings is 1. The van der Waals surface area contributed by atoms with Crippen LogP contribution in [0.1, 0.15) is 65.0 Å². The van der Waals surface area contributed by atoms with Gasteiger partial charge in [0.1, 0.15) is 11.4 Å². The van der Waals surface area contributed by atoms with Gasteiger partial charge < -0.3 is 14.1 Å². The molecule has 2 bridgehead atoms. The fourth-order valence-electron chi connectivity index (χ4n) is 4.05. The lowest BCUT2D eigenvalue weighted by atomic mass is 9.96. The van der Waals surface area contributed by atoms with Crippen molar-refractivity contribution in [3.63, 3.8) is 0 Å². The van der Waals surface area contributed by atoms with Crippen LogP contribution in [0.2, 0.25) is 0 Å². The third kappa shape index (κ3) is 4.17. The number of oxazole rings is 1. The van der Waals surface area contributed by atoms with E-state index in [0.29, 0.717) is 6.04 Å².